The number of hydrogen-bond acceptors (Lipinski definition) is 14. The maximum Gasteiger partial charge on any atom is 0.383 e. The number of esters is 4. The third kappa shape index (κ3) is 10.3. The van der Waals surface area contributed by atoms with Gasteiger partial charge in [-0.25, -0.2) is 4.79 Å². The topological polar surface area (TPSA) is 172 Å². The first-order chi connectivity index (χ1) is 24.0. The molecule has 5 atom stereocenters. The van der Waals surface area contributed by atoms with Crippen molar-refractivity contribution in [1.82, 2.24) is 0 Å². The molecule has 1 aliphatic heterocycles. The second kappa shape index (κ2) is 17.9. The van der Waals surface area contributed by atoms with E-state index in [1.54, 1.807) is 6.07 Å². The molecule has 0 bridgehead atoms. The lowest BCUT2D eigenvalue weighted by molar-refractivity contribution is -0.288. The lowest BCUT2D eigenvalue weighted by atomic mass is 9.98. The second-order valence-electron chi connectivity index (χ2n) is 11.2. The van der Waals surface area contributed by atoms with Crippen molar-refractivity contribution in [3.05, 3.63) is 76.7 Å². The molecule has 50 heavy (non-hydrogen) atoms. The fraction of sp³-hybridized carbons (Fsp3) is 0.417. The molecule has 3 aromatic rings. The van der Waals surface area contributed by atoms with Gasteiger partial charge in [0.1, 0.15) is 30.7 Å². The van der Waals surface area contributed by atoms with Gasteiger partial charge in [-0.2, -0.15) is 0 Å². The van der Waals surface area contributed by atoms with E-state index in [4.69, 9.17) is 42.3 Å². The largest absolute Gasteiger partial charge is 0.484 e. The van der Waals surface area contributed by atoms with Crippen LogP contribution < -0.4 is 19.8 Å². The minimum Gasteiger partial charge on any atom is -0.484 e. The molecule has 14 nitrogen and oxygen atoms in total. The highest BCUT2D eigenvalue weighted by molar-refractivity contribution is 5.86. The van der Waals surface area contributed by atoms with E-state index in [9.17, 15) is 24.0 Å². The molecule has 0 radical (unpaired) electrons. The van der Waals surface area contributed by atoms with Crippen LogP contribution in [0.2, 0.25) is 0 Å². The first kappa shape index (κ1) is 37.4. The van der Waals surface area contributed by atoms with Gasteiger partial charge in [-0.3, -0.25) is 19.2 Å². The molecular formula is C36H40O14. The van der Waals surface area contributed by atoms with E-state index < -0.39 is 66.8 Å². The molecule has 0 spiro atoms. The zero-order valence-corrected chi connectivity index (χ0v) is 28.4. The summed E-state index contributed by atoms with van der Waals surface area (Å²) in [7, 11) is 0. The molecule has 0 amide bonds. The second-order valence-corrected chi connectivity index (χ2v) is 11.2. The van der Waals surface area contributed by atoms with E-state index in [0.29, 0.717) is 11.8 Å². The molecule has 4 rings (SSSR count). The Morgan fingerprint density at radius 1 is 0.780 bits per heavy atom. The van der Waals surface area contributed by atoms with Crippen LogP contribution in [-0.4, -0.2) is 67.8 Å². The van der Waals surface area contributed by atoms with Crippen molar-refractivity contribution in [3.63, 3.8) is 0 Å². The maximum atomic E-state index is 13.3. The molecule has 0 N–H and O–H groups in total. The Kier molecular flexibility index (Phi) is 13.4. The van der Waals surface area contributed by atoms with Crippen molar-refractivity contribution >= 4 is 34.8 Å². The Morgan fingerprint density at radius 2 is 1.46 bits per heavy atom. The molecule has 1 fully saturated rings. The van der Waals surface area contributed by atoms with Crippen LogP contribution in [-0.2, 0) is 49.5 Å². The number of ether oxygens (including phenoxy) is 8. The molecule has 0 saturated carbocycles. The van der Waals surface area contributed by atoms with E-state index in [2.05, 4.69) is 0 Å². The van der Waals surface area contributed by atoms with Gasteiger partial charge in [0.15, 0.2) is 18.0 Å². The van der Waals surface area contributed by atoms with Gasteiger partial charge < -0.3 is 42.3 Å². The monoisotopic (exact) mass is 696 g/mol. The zero-order chi connectivity index (χ0) is 36.2. The van der Waals surface area contributed by atoms with Crippen molar-refractivity contribution in [2.75, 3.05) is 13.2 Å². The van der Waals surface area contributed by atoms with E-state index in [1.165, 1.54) is 19.1 Å². The summed E-state index contributed by atoms with van der Waals surface area (Å²) in [4.78, 5) is 61.3. The Hall–Kier alpha value is -5.37. The zero-order valence-electron chi connectivity index (χ0n) is 28.4. The van der Waals surface area contributed by atoms with Gasteiger partial charge in [-0.1, -0.05) is 49.4 Å². The van der Waals surface area contributed by atoms with Crippen LogP contribution in [0.5, 0.6) is 17.2 Å². The highest BCUT2D eigenvalue weighted by Crippen LogP contribution is 2.37. The van der Waals surface area contributed by atoms with Crippen LogP contribution in [0, 0.1) is 0 Å². The molecule has 0 aliphatic carbocycles. The minimum absolute atomic E-state index is 0.0689. The summed E-state index contributed by atoms with van der Waals surface area (Å²) >= 11 is 0. The maximum absolute atomic E-state index is 13.3. The summed E-state index contributed by atoms with van der Waals surface area (Å²) in [6.07, 6.45) is -1.58. The number of hydrogen-bond donors (Lipinski definition) is 0. The SMILES string of the molecule is CC/C=C/CCOc1c(OCc2ccccc2)c2ccc(O[C@@H]3O[C@H](COC(C)=O)[C@H](OC(C)=O)[C@H](OC(C)=O)[C@H]3OC(C)=O)cc2oc1=O. The van der Waals surface area contributed by atoms with E-state index >= 15 is 0 Å². The molecule has 0 unspecified atom stereocenters. The first-order valence-corrected chi connectivity index (χ1v) is 16.0. The van der Waals surface area contributed by atoms with Gasteiger partial charge in [0.25, 0.3) is 0 Å². The number of carbonyl (C=O) groups is 4. The lowest BCUT2D eigenvalue weighted by Crippen LogP contribution is -2.63. The van der Waals surface area contributed by atoms with Crippen molar-refractivity contribution in [3.8, 4) is 17.2 Å². The van der Waals surface area contributed by atoms with Crippen molar-refractivity contribution < 1.29 is 61.5 Å². The predicted octanol–water partition coefficient (Wildman–Crippen LogP) is 4.57. The van der Waals surface area contributed by atoms with Crippen LogP contribution in [0.1, 0.15) is 53.0 Å². The Morgan fingerprint density at radius 3 is 2.12 bits per heavy atom. The fourth-order valence-corrected chi connectivity index (χ4v) is 5.14. The Bertz CT molecular complexity index is 1730. The summed E-state index contributed by atoms with van der Waals surface area (Å²) in [5, 5.41) is 0.397. The van der Waals surface area contributed by atoms with Crippen LogP contribution in [0.3, 0.4) is 0 Å². The van der Waals surface area contributed by atoms with Crippen LogP contribution in [0.25, 0.3) is 11.0 Å². The fourth-order valence-electron chi connectivity index (χ4n) is 5.14. The van der Waals surface area contributed by atoms with E-state index in [-0.39, 0.29) is 36.0 Å². The first-order valence-electron chi connectivity index (χ1n) is 16.0. The summed E-state index contributed by atoms with van der Waals surface area (Å²) in [5.74, 6) is -2.84. The van der Waals surface area contributed by atoms with Crippen LogP contribution in [0.15, 0.2) is 69.9 Å². The van der Waals surface area contributed by atoms with Gasteiger partial charge in [0, 0.05) is 33.8 Å². The highest BCUT2D eigenvalue weighted by Gasteiger charge is 2.53. The Balaban J connectivity index is 1.72. The number of allylic oxidation sites excluding steroid dienone is 1. The van der Waals surface area contributed by atoms with E-state index in [0.717, 1.165) is 32.8 Å². The summed E-state index contributed by atoms with van der Waals surface area (Å²) in [6.45, 7) is 6.45. The third-order valence-electron chi connectivity index (χ3n) is 7.15. The molecule has 268 valence electrons. The van der Waals surface area contributed by atoms with Crippen molar-refractivity contribution in [2.45, 2.75) is 84.8 Å². The predicted molar refractivity (Wildman–Crippen MR) is 175 cm³/mol. The standard InChI is InChI=1S/C36H40O14/c1-6-7-8-12-17-42-33-30(44-19-25-13-10-9-11-14-25)27-16-15-26(18-28(27)49-35(33)41)48-36-34(47-24(5)40)32(46-23(4)39)31(45-22(3)38)29(50-36)20-43-21(2)37/h7-11,13-16,18,29,31-32,34,36H,6,12,17,19-20H2,1-5H3/b8-7+/t29-,31+,32+,34-,36-/m1/s1. The molecule has 2 aromatic carbocycles. The van der Waals surface area contributed by atoms with Gasteiger partial charge >= 0.3 is 29.5 Å². The third-order valence-corrected chi connectivity index (χ3v) is 7.15. The number of carbonyl (C=O) groups excluding carboxylic acids is 4. The minimum atomic E-state index is -1.49. The van der Waals surface area contributed by atoms with Gasteiger partial charge in [0.2, 0.25) is 18.1 Å². The number of rotatable bonds is 15. The Labute approximate surface area is 288 Å². The molecule has 1 aromatic heterocycles. The average molecular weight is 697 g/mol. The molecule has 14 heteroatoms. The van der Waals surface area contributed by atoms with Gasteiger partial charge in [0.05, 0.1) is 12.0 Å². The molecule has 2 heterocycles. The average Bonchev–Trinajstić information content (AvgIpc) is 3.05. The van der Waals surface area contributed by atoms with Crippen molar-refractivity contribution in [2.24, 2.45) is 0 Å². The number of fused-ring (bicyclic) bond motifs is 1. The number of benzene rings is 2. The molecule has 1 saturated heterocycles. The van der Waals surface area contributed by atoms with Crippen molar-refractivity contribution in [1.29, 1.82) is 0 Å². The van der Waals surface area contributed by atoms with Gasteiger partial charge in [-0.05, 0) is 30.5 Å². The molecule has 1 aliphatic rings. The summed E-state index contributed by atoms with van der Waals surface area (Å²) < 4.78 is 51.2. The van der Waals surface area contributed by atoms with Gasteiger partial charge in [-0.15, -0.1) is 0 Å². The quantitative estimate of drug-likeness (QED) is 0.0711. The smallest absolute Gasteiger partial charge is 0.383 e. The highest BCUT2D eigenvalue weighted by atomic mass is 16.7. The lowest BCUT2D eigenvalue weighted by Gasteiger charge is -2.43. The van der Waals surface area contributed by atoms with E-state index in [1.807, 2.05) is 49.4 Å². The summed E-state index contributed by atoms with van der Waals surface area (Å²) in [6, 6.07) is 13.9. The summed E-state index contributed by atoms with van der Waals surface area (Å²) in [5.41, 5.74) is 0.137. The van der Waals surface area contributed by atoms with Crippen LogP contribution >= 0.6 is 0 Å². The van der Waals surface area contributed by atoms with Crippen LogP contribution in [0.4, 0.5) is 0 Å². The molecular weight excluding hydrogens is 656 g/mol. The normalized spacial score (nSPS) is 20.1.